The van der Waals surface area contributed by atoms with Crippen LogP contribution in [0.4, 0.5) is 11.4 Å². The number of pyridine rings is 1. The first kappa shape index (κ1) is 25.7. The number of nitrogens with one attached hydrogen (secondary N) is 2. The van der Waals surface area contributed by atoms with E-state index in [-0.39, 0.29) is 23.9 Å². The fourth-order valence-electron chi connectivity index (χ4n) is 4.89. The molecule has 6 nitrogen and oxygen atoms in total. The molecule has 2 N–H and O–H groups in total. The highest BCUT2D eigenvalue weighted by Gasteiger charge is 2.42. The number of anilines is 2. The van der Waals surface area contributed by atoms with Crippen molar-refractivity contribution in [2.75, 3.05) is 10.2 Å². The molecule has 7 heteroatoms. The Morgan fingerprint density at radius 1 is 0.947 bits per heavy atom. The average molecular weight is 524 g/mol. The molecule has 2 aromatic carbocycles. The van der Waals surface area contributed by atoms with Crippen LogP contribution in [0.2, 0.25) is 0 Å². The molecule has 2 aromatic heterocycles. The van der Waals surface area contributed by atoms with E-state index in [9.17, 15) is 4.79 Å². The van der Waals surface area contributed by atoms with Gasteiger partial charge in [-0.15, -0.1) is 0 Å². The van der Waals surface area contributed by atoms with Gasteiger partial charge < -0.3 is 20.1 Å². The van der Waals surface area contributed by atoms with Gasteiger partial charge in [0.15, 0.2) is 5.11 Å². The zero-order chi connectivity index (χ0) is 27.0. The first-order valence-corrected chi connectivity index (χ1v) is 13.3. The third-order valence-corrected chi connectivity index (χ3v) is 7.54. The van der Waals surface area contributed by atoms with Crippen molar-refractivity contribution in [3.63, 3.8) is 0 Å². The predicted octanol–water partition coefficient (Wildman–Crippen LogP) is 6.57. The minimum Gasteiger partial charge on any atom is -0.351 e. The van der Waals surface area contributed by atoms with Gasteiger partial charge in [0.25, 0.3) is 0 Å². The monoisotopic (exact) mass is 523 g/mol. The molecule has 0 saturated carbocycles. The number of carbonyl (C=O) groups is 1. The van der Waals surface area contributed by atoms with E-state index in [1.165, 1.54) is 11.1 Å². The third kappa shape index (κ3) is 4.82. The number of benzene rings is 2. The summed E-state index contributed by atoms with van der Waals surface area (Å²) in [7, 11) is 0. The lowest BCUT2D eigenvalue weighted by molar-refractivity contribution is -0.118. The quantitative estimate of drug-likeness (QED) is 0.280. The summed E-state index contributed by atoms with van der Waals surface area (Å²) in [5.41, 5.74) is 8.38. The van der Waals surface area contributed by atoms with Crippen LogP contribution in [-0.2, 0) is 4.79 Å². The van der Waals surface area contributed by atoms with Crippen LogP contribution in [0, 0.1) is 26.7 Å². The van der Waals surface area contributed by atoms with Gasteiger partial charge in [0.05, 0.1) is 11.7 Å². The summed E-state index contributed by atoms with van der Waals surface area (Å²) < 4.78 is 2.24. The Kier molecular flexibility index (Phi) is 7.04. The van der Waals surface area contributed by atoms with E-state index in [1.54, 1.807) is 0 Å². The van der Waals surface area contributed by atoms with Gasteiger partial charge in [-0.1, -0.05) is 26.0 Å². The number of thiocarbonyl (C=S) groups is 1. The predicted molar refractivity (Wildman–Crippen MR) is 158 cm³/mol. The van der Waals surface area contributed by atoms with Crippen LogP contribution in [0.25, 0.3) is 5.69 Å². The highest BCUT2D eigenvalue weighted by Crippen LogP contribution is 2.43. The second-order valence-electron chi connectivity index (χ2n) is 10.2. The van der Waals surface area contributed by atoms with E-state index in [0.29, 0.717) is 5.11 Å². The summed E-state index contributed by atoms with van der Waals surface area (Å²) in [4.78, 5) is 19.2. The maximum absolute atomic E-state index is 12.3. The summed E-state index contributed by atoms with van der Waals surface area (Å²) in [6, 6.07) is 22.5. The fourth-order valence-corrected chi connectivity index (χ4v) is 5.24. The number of carbonyl (C=O) groups excluding carboxylic acids is 1. The van der Waals surface area contributed by atoms with Crippen molar-refractivity contribution >= 4 is 34.6 Å². The molecule has 1 aliphatic rings. The number of rotatable bonds is 6. The van der Waals surface area contributed by atoms with Crippen molar-refractivity contribution in [1.29, 1.82) is 0 Å². The molecule has 1 fully saturated rings. The van der Waals surface area contributed by atoms with Gasteiger partial charge in [-0.2, -0.15) is 0 Å². The van der Waals surface area contributed by atoms with Gasteiger partial charge in [-0.3, -0.25) is 9.78 Å². The Hall–Kier alpha value is -3.97. The third-order valence-electron chi connectivity index (χ3n) is 7.22. The van der Waals surface area contributed by atoms with Crippen LogP contribution < -0.4 is 15.5 Å². The highest BCUT2D eigenvalue weighted by molar-refractivity contribution is 7.80. The van der Waals surface area contributed by atoms with Crippen LogP contribution in [-0.4, -0.2) is 20.6 Å². The first-order valence-electron chi connectivity index (χ1n) is 12.9. The van der Waals surface area contributed by atoms with Crippen LogP contribution >= 0.6 is 12.2 Å². The number of aryl methyl sites for hydroxylation is 3. The van der Waals surface area contributed by atoms with Gasteiger partial charge in [0.2, 0.25) is 5.91 Å². The van der Waals surface area contributed by atoms with E-state index in [0.717, 1.165) is 34.0 Å². The van der Waals surface area contributed by atoms with Crippen molar-refractivity contribution in [3.05, 3.63) is 107 Å². The second-order valence-corrected chi connectivity index (χ2v) is 10.6. The van der Waals surface area contributed by atoms with E-state index in [4.69, 9.17) is 12.2 Å². The van der Waals surface area contributed by atoms with Crippen molar-refractivity contribution in [1.82, 2.24) is 14.9 Å². The van der Waals surface area contributed by atoms with Crippen molar-refractivity contribution in [2.45, 2.75) is 46.7 Å². The van der Waals surface area contributed by atoms with E-state index < -0.39 is 0 Å². The SMILES string of the molecule is Cc1ccc(-n2cccc2[C@H]2[C@@H](c3ccccn3)NC(=S)N2c2ccc(NC(=O)C(C)C)c(C)c2)cc1C. The van der Waals surface area contributed by atoms with Crippen LogP contribution in [0.15, 0.2) is 79.1 Å². The molecule has 38 heavy (non-hydrogen) atoms. The lowest BCUT2D eigenvalue weighted by Gasteiger charge is -2.29. The van der Waals surface area contributed by atoms with Crippen LogP contribution in [0.1, 0.15) is 54.0 Å². The maximum atomic E-state index is 12.3. The topological polar surface area (TPSA) is 62.2 Å². The van der Waals surface area contributed by atoms with E-state index in [1.807, 2.05) is 57.3 Å². The number of nitrogens with zero attached hydrogens (tertiary/aromatic N) is 3. The minimum absolute atomic E-state index is 0.00137. The highest BCUT2D eigenvalue weighted by atomic mass is 32.1. The maximum Gasteiger partial charge on any atom is 0.226 e. The summed E-state index contributed by atoms with van der Waals surface area (Å²) in [6.45, 7) is 10.1. The summed E-state index contributed by atoms with van der Waals surface area (Å²) in [5, 5.41) is 7.22. The van der Waals surface area contributed by atoms with Gasteiger partial charge in [0, 0.05) is 41.1 Å². The molecule has 0 spiro atoms. The molecular weight excluding hydrogens is 490 g/mol. The Morgan fingerprint density at radius 2 is 1.71 bits per heavy atom. The molecule has 0 aliphatic carbocycles. The Bertz CT molecular complexity index is 1490. The van der Waals surface area contributed by atoms with Crippen molar-refractivity contribution < 1.29 is 4.79 Å². The first-order chi connectivity index (χ1) is 18.2. The van der Waals surface area contributed by atoms with Crippen molar-refractivity contribution in [3.8, 4) is 5.69 Å². The zero-order valence-electron chi connectivity index (χ0n) is 22.4. The normalized spacial score (nSPS) is 17.1. The largest absolute Gasteiger partial charge is 0.351 e. The van der Waals surface area contributed by atoms with Gasteiger partial charge in [0.1, 0.15) is 6.04 Å². The molecule has 5 rings (SSSR count). The molecule has 1 amide bonds. The Balaban J connectivity index is 1.61. The summed E-state index contributed by atoms with van der Waals surface area (Å²) in [6.07, 6.45) is 3.92. The van der Waals surface area contributed by atoms with E-state index in [2.05, 4.69) is 81.5 Å². The second kappa shape index (κ2) is 10.4. The van der Waals surface area contributed by atoms with Gasteiger partial charge in [-0.25, -0.2) is 0 Å². The number of hydrogen-bond acceptors (Lipinski definition) is 3. The number of hydrogen-bond donors (Lipinski definition) is 2. The Labute approximate surface area is 229 Å². The molecule has 0 radical (unpaired) electrons. The average Bonchev–Trinajstić information content (AvgIpc) is 3.51. The molecule has 1 saturated heterocycles. The summed E-state index contributed by atoms with van der Waals surface area (Å²) in [5.74, 6) is -0.0929. The van der Waals surface area contributed by atoms with Crippen molar-refractivity contribution in [2.24, 2.45) is 5.92 Å². The zero-order valence-corrected chi connectivity index (χ0v) is 23.2. The molecule has 2 atom stereocenters. The molecule has 4 aromatic rings. The minimum atomic E-state index is -0.149. The van der Waals surface area contributed by atoms with Gasteiger partial charge >= 0.3 is 0 Å². The molecule has 1 aliphatic heterocycles. The molecule has 3 heterocycles. The lowest BCUT2D eigenvalue weighted by Crippen LogP contribution is -2.30. The van der Waals surface area contributed by atoms with E-state index >= 15 is 0 Å². The smallest absolute Gasteiger partial charge is 0.226 e. The Morgan fingerprint density at radius 3 is 2.39 bits per heavy atom. The van der Waals surface area contributed by atoms with Crippen LogP contribution in [0.5, 0.6) is 0 Å². The standard InChI is InChI=1S/C31H33N5OS/c1-19(2)30(37)33-25-14-13-24(18-22(25)5)36-29(28(34-31(36)38)26-9-6-7-15-32-26)27-10-8-16-35(27)23-12-11-20(3)21(4)17-23/h6-19,28-29H,1-5H3,(H,33,37)(H,34,38)/t28-,29+/m1/s1. The fraction of sp³-hybridized carbons (Fsp3) is 0.258. The number of aromatic nitrogens is 2. The van der Waals surface area contributed by atoms with Gasteiger partial charge in [-0.05, 0) is 104 Å². The summed E-state index contributed by atoms with van der Waals surface area (Å²) >= 11 is 5.94. The molecule has 0 unspecified atom stereocenters. The number of amides is 1. The molecule has 0 bridgehead atoms. The molecule has 194 valence electrons. The molecular formula is C31H33N5OS. The lowest BCUT2D eigenvalue weighted by atomic mass is 10.00. The van der Waals surface area contributed by atoms with Crippen LogP contribution in [0.3, 0.4) is 0 Å².